The Bertz CT molecular complexity index is 3420. The van der Waals surface area contributed by atoms with Gasteiger partial charge in [-0.25, -0.2) is 9.69 Å². The lowest BCUT2D eigenvalue weighted by Gasteiger charge is -2.17. The number of hydrogen-bond acceptors (Lipinski definition) is 0. The molecule has 0 amide bonds. The largest absolute Gasteiger partial charge is 0.311 e. The van der Waals surface area contributed by atoms with E-state index in [4.69, 9.17) is 13.1 Å². The second-order valence-corrected chi connectivity index (χ2v) is 13.9. The highest BCUT2D eigenvalue weighted by molar-refractivity contribution is 6.17. The van der Waals surface area contributed by atoms with Crippen molar-refractivity contribution >= 4 is 76.8 Å². The number of aromatic nitrogens is 3. The molecular weight excluding hydrogens is 671 g/mol. The summed E-state index contributed by atoms with van der Waals surface area (Å²) in [6, 6.07) is 61.4. The third-order valence-electron chi connectivity index (χ3n) is 11.0. The number of hydrogen-bond donors (Lipinski definition) is 0. The van der Waals surface area contributed by atoms with Gasteiger partial charge >= 0.3 is 0 Å². The van der Waals surface area contributed by atoms with Crippen LogP contribution in [0.4, 0.5) is 11.4 Å². The van der Waals surface area contributed by atoms with E-state index in [0.29, 0.717) is 11.4 Å². The number of rotatable bonds is 4. The molecule has 3 aromatic heterocycles. The van der Waals surface area contributed by atoms with Gasteiger partial charge in [-0.1, -0.05) is 103 Å². The van der Waals surface area contributed by atoms with Gasteiger partial charge in [0.1, 0.15) is 0 Å². The number of nitrogens with zero attached hydrogens (tertiary/aromatic N) is 5. The van der Waals surface area contributed by atoms with Crippen LogP contribution in [0.3, 0.4) is 0 Å². The van der Waals surface area contributed by atoms with E-state index >= 15 is 0 Å². The third kappa shape index (κ3) is 4.45. The summed E-state index contributed by atoms with van der Waals surface area (Å²) < 4.78 is 7.01. The molecule has 11 rings (SSSR count). The van der Waals surface area contributed by atoms with Gasteiger partial charge in [0.05, 0.1) is 57.6 Å². The van der Waals surface area contributed by atoms with Gasteiger partial charge in [0.15, 0.2) is 11.4 Å². The molecule has 0 fully saturated rings. The molecule has 5 heteroatoms. The second kappa shape index (κ2) is 11.8. The molecule has 0 aliphatic rings. The monoisotopic (exact) mass is 699 g/mol. The average Bonchev–Trinajstić information content (AvgIpc) is 3.89. The Balaban J connectivity index is 1.18. The molecule has 0 atom stereocenters. The van der Waals surface area contributed by atoms with Crippen molar-refractivity contribution in [1.82, 2.24) is 13.7 Å². The van der Waals surface area contributed by atoms with E-state index in [1.165, 1.54) is 32.6 Å². The van der Waals surface area contributed by atoms with Crippen LogP contribution in [0.1, 0.15) is 0 Å². The van der Waals surface area contributed by atoms with Crippen LogP contribution in [-0.4, -0.2) is 13.7 Å². The fourth-order valence-corrected chi connectivity index (χ4v) is 8.79. The fourth-order valence-electron chi connectivity index (χ4n) is 8.79. The molecule has 55 heavy (non-hydrogen) atoms. The highest BCUT2D eigenvalue weighted by atomic mass is 15.0. The molecule has 0 N–H and O–H groups in total. The lowest BCUT2D eigenvalue weighted by molar-refractivity contribution is 1.17. The smallest absolute Gasteiger partial charge is 0.189 e. The van der Waals surface area contributed by atoms with Crippen LogP contribution >= 0.6 is 0 Å². The summed E-state index contributed by atoms with van der Waals surface area (Å²) in [5.74, 6) is 0. The first-order chi connectivity index (χ1) is 27.2. The molecule has 5 nitrogen and oxygen atoms in total. The SMILES string of the molecule is [C-]#[N+]c1cc(-c2ccccc2-n2c3ccccc3c3c(-n4c5ccccc5c5ccccc54)cccc32)cc(-n2c3ccccc3c3cc([N+]#[C-])ccc32)c1. The van der Waals surface area contributed by atoms with Crippen LogP contribution in [0.15, 0.2) is 176 Å². The van der Waals surface area contributed by atoms with Gasteiger partial charge in [-0.3, -0.25) is 0 Å². The van der Waals surface area contributed by atoms with Crippen molar-refractivity contribution in [3.8, 4) is 28.2 Å². The Hall–Kier alpha value is -7.86. The minimum absolute atomic E-state index is 0.557. The van der Waals surface area contributed by atoms with Crippen molar-refractivity contribution in [3.05, 3.63) is 199 Å². The summed E-state index contributed by atoms with van der Waals surface area (Å²) in [4.78, 5) is 7.70. The quantitative estimate of drug-likeness (QED) is 0.163. The van der Waals surface area contributed by atoms with Crippen LogP contribution in [-0.2, 0) is 0 Å². The van der Waals surface area contributed by atoms with Crippen LogP contribution in [0.25, 0.3) is 103 Å². The molecule has 0 radical (unpaired) electrons. The summed E-state index contributed by atoms with van der Waals surface area (Å²) in [5, 5.41) is 6.90. The van der Waals surface area contributed by atoms with Gasteiger partial charge in [0.25, 0.3) is 0 Å². The maximum atomic E-state index is 8.19. The zero-order valence-corrected chi connectivity index (χ0v) is 29.5. The van der Waals surface area contributed by atoms with Gasteiger partial charge in [0.2, 0.25) is 0 Å². The van der Waals surface area contributed by atoms with Gasteiger partial charge in [-0.05, 0) is 83.7 Å². The molecule has 8 aromatic carbocycles. The van der Waals surface area contributed by atoms with E-state index < -0.39 is 0 Å². The molecule has 254 valence electrons. The van der Waals surface area contributed by atoms with E-state index in [-0.39, 0.29) is 0 Å². The van der Waals surface area contributed by atoms with Crippen molar-refractivity contribution in [2.45, 2.75) is 0 Å². The predicted octanol–water partition coefficient (Wildman–Crippen LogP) is 13.7. The first kappa shape index (κ1) is 30.7. The zero-order chi connectivity index (χ0) is 36.6. The normalized spacial score (nSPS) is 11.6. The highest BCUT2D eigenvalue weighted by Gasteiger charge is 2.21. The molecule has 0 saturated carbocycles. The van der Waals surface area contributed by atoms with Crippen molar-refractivity contribution in [1.29, 1.82) is 0 Å². The maximum Gasteiger partial charge on any atom is 0.189 e. The number of fused-ring (bicyclic) bond motifs is 9. The van der Waals surface area contributed by atoms with E-state index in [1.54, 1.807) is 0 Å². The standard InChI is InChI=1S/C50H29N5/c1-51-33-26-27-47-41(31-33)39-17-6-9-20-43(39)53(47)35-29-32(28-34(30-35)52-2)36-14-3-8-19-42(36)54-46-23-12-7-18-40(46)50-48(54)24-13-25-49(50)55-44-21-10-4-15-37(44)38-16-5-11-22-45(38)55/h3-31H. The number of para-hydroxylation sites is 5. The average molecular weight is 700 g/mol. The lowest BCUT2D eigenvalue weighted by atomic mass is 10.0. The molecule has 0 aliphatic carbocycles. The lowest BCUT2D eigenvalue weighted by Crippen LogP contribution is -1.99. The van der Waals surface area contributed by atoms with Crippen molar-refractivity contribution in [3.63, 3.8) is 0 Å². The van der Waals surface area contributed by atoms with Gasteiger partial charge in [0, 0.05) is 38.2 Å². The Labute approximate surface area is 316 Å². The zero-order valence-electron chi connectivity index (χ0n) is 29.5. The van der Waals surface area contributed by atoms with Crippen LogP contribution < -0.4 is 0 Å². The Morgan fingerprint density at radius 3 is 1.55 bits per heavy atom. The van der Waals surface area contributed by atoms with Crippen LogP contribution in [0.5, 0.6) is 0 Å². The van der Waals surface area contributed by atoms with Crippen molar-refractivity contribution in [2.24, 2.45) is 0 Å². The van der Waals surface area contributed by atoms with Gasteiger partial charge in [-0.15, -0.1) is 0 Å². The Kier molecular flexibility index (Phi) is 6.61. The summed E-state index contributed by atoms with van der Waals surface area (Å²) >= 11 is 0. The van der Waals surface area contributed by atoms with E-state index in [2.05, 4.69) is 157 Å². The Morgan fingerprint density at radius 2 is 0.855 bits per heavy atom. The molecule has 3 heterocycles. The van der Waals surface area contributed by atoms with E-state index in [0.717, 1.165) is 61.0 Å². The minimum Gasteiger partial charge on any atom is -0.311 e. The van der Waals surface area contributed by atoms with E-state index in [9.17, 15) is 0 Å². The first-order valence-electron chi connectivity index (χ1n) is 18.3. The first-order valence-corrected chi connectivity index (χ1v) is 18.3. The summed E-state index contributed by atoms with van der Waals surface area (Å²) in [5.41, 5.74) is 12.8. The van der Waals surface area contributed by atoms with E-state index in [1.807, 2.05) is 42.5 Å². The molecule has 0 bridgehead atoms. The van der Waals surface area contributed by atoms with Gasteiger partial charge in [-0.2, -0.15) is 0 Å². The predicted molar refractivity (Wildman–Crippen MR) is 227 cm³/mol. The summed E-state index contributed by atoms with van der Waals surface area (Å²) in [6.45, 7) is 15.8. The van der Waals surface area contributed by atoms with Crippen molar-refractivity contribution < 1.29 is 0 Å². The topological polar surface area (TPSA) is 23.5 Å². The summed E-state index contributed by atoms with van der Waals surface area (Å²) in [7, 11) is 0. The molecule has 11 aromatic rings. The van der Waals surface area contributed by atoms with Gasteiger partial charge < -0.3 is 13.7 Å². The molecular formula is C50H29N5. The molecule has 0 unspecified atom stereocenters. The summed E-state index contributed by atoms with van der Waals surface area (Å²) in [6.07, 6.45) is 0. The molecule has 0 aliphatic heterocycles. The third-order valence-corrected chi connectivity index (χ3v) is 11.0. The van der Waals surface area contributed by atoms with Crippen LogP contribution in [0.2, 0.25) is 0 Å². The molecule has 0 spiro atoms. The minimum atomic E-state index is 0.557. The Morgan fingerprint density at radius 1 is 0.345 bits per heavy atom. The second-order valence-electron chi connectivity index (χ2n) is 13.9. The highest BCUT2D eigenvalue weighted by Crippen LogP contribution is 2.43. The van der Waals surface area contributed by atoms with Crippen LogP contribution in [0, 0.1) is 13.1 Å². The van der Waals surface area contributed by atoms with Crippen molar-refractivity contribution in [2.75, 3.05) is 0 Å². The molecule has 0 saturated heterocycles. The maximum absolute atomic E-state index is 8.19. The number of benzene rings is 8. The fraction of sp³-hybridized carbons (Fsp3) is 0.